The lowest BCUT2D eigenvalue weighted by Gasteiger charge is -2.36. The van der Waals surface area contributed by atoms with Gasteiger partial charge in [0.15, 0.2) is 22.4 Å². The van der Waals surface area contributed by atoms with Crippen LogP contribution in [0.15, 0.2) is 33.5 Å². The van der Waals surface area contributed by atoms with Crippen molar-refractivity contribution >= 4 is 22.4 Å². The van der Waals surface area contributed by atoms with Crippen LogP contribution in [0.5, 0.6) is 0 Å². The van der Waals surface area contributed by atoms with Gasteiger partial charge in [0.1, 0.15) is 24.0 Å². The molecule has 7 heteroatoms. The lowest BCUT2D eigenvalue weighted by molar-refractivity contribution is 0.103. The van der Waals surface area contributed by atoms with Gasteiger partial charge in [-0.3, -0.25) is 4.79 Å². The fourth-order valence-electron chi connectivity index (χ4n) is 3.01. The standard InChI is InChI=1S/C27H46O5Si2/c1-26(2,3)33(7,8)31-15-11-13-23-17-21(19-29-23)25(28)22-18-24(30-20-22)14-12-16-32-34(9,10)27(4,5)6/h17-20H,11-16H2,1-10H3. The molecule has 0 atom stereocenters. The number of ketones is 1. The van der Waals surface area contributed by atoms with Crippen LogP contribution in [-0.4, -0.2) is 35.6 Å². The smallest absolute Gasteiger partial charge is 0.199 e. The molecule has 0 amide bonds. The monoisotopic (exact) mass is 506 g/mol. The molecule has 2 aromatic heterocycles. The van der Waals surface area contributed by atoms with Gasteiger partial charge in [0.25, 0.3) is 0 Å². The zero-order valence-electron chi connectivity index (χ0n) is 23.1. The van der Waals surface area contributed by atoms with Crippen LogP contribution in [0, 0.1) is 0 Å². The molecule has 34 heavy (non-hydrogen) atoms. The van der Waals surface area contributed by atoms with Gasteiger partial charge >= 0.3 is 0 Å². The highest BCUT2D eigenvalue weighted by Crippen LogP contribution is 2.37. The summed E-state index contributed by atoms with van der Waals surface area (Å²) in [7, 11) is -3.46. The van der Waals surface area contributed by atoms with E-state index in [1.54, 1.807) is 12.5 Å². The lowest BCUT2D eigenvalue weighted by atomic mass is 10.1. The summed E-state index contributed by atoms with van der Waals surface area (Å²) in [5.74, 6) is 1.56. The van der Waals surface area contributed by atoms with E-state index >= 15 is 0 Å². The molecule has 2 aromatic rings. The largest absolute Gasteiger partial charge is 0.469 e. The number of hydrogen-bond acceptors (Lipinski definition) is 5. The van der Waals surface area contributed by atoms with Gasteiger partial charge in [0.05, 0.1) is 11.1 Å². The molecule has 2 rings (SSSR count). The number of aryl methyl sites for hydroxylation is 2. The van der Waals surface area contributed by atoms with E-state index in [0.29, 0.717) is 24.3 Å². The van der Waals surface area contributed by atoms with Crippen LogP contribution in [0.2, 0.25) is 36.3 Å². The van der Waals surface area contributed by atoms with E-state index in [2.05, 4.69) is 67.7 Å². The second kappa shape index (κ2) is 11.1. The van der Waals surface area contributed by atoms with Gasteiger partial charge in [-0.2, -0.15) is 0 Å². The first-order valence-corrected chi connectivity index (χ1v) is 18.3. The Kier molecular flexibility index (Phi) is 9.41. The molecular formula is C27H46O5Si2. The van der Waals surface area contributed by atoms with Crippen molar-refractivity contribution in [3.8, 4) is 0 Å². The minimum Gasteiger partial charge on any atom is -0.469 e. The minimum absolute atomic E-state index is 0.0694. The van der Waals surface area contributed by atoms with E-state index in [-0.39, 0.29) is 15.9 Å². The molecular weight excluding hydrogens is 460 g/mol. The van der Waals surface area contributed by atoms with Crippen molar-refractivity contribution in [3.63, 3.8) is 0 Å². The van der Waals surface area contributed by atoms with Crippen LogP contribution in [0.3, 0.4) is 0 Å². The summed E-state index contributed by atoms with van der Waals surface area (Å²) < 4.78 is 23.7. The van der Waals surface area contributed by atoms with Gasteiger partial charge in [0.2, 0.25) is 0 Å². The summed E-state index contributed by atoms with van der Waals surface area (Å²) in [5.41, 5.74) is 1.13. The van der Waals surface area contributed by atoms with E-state index in [4.69, 9.17) is 17.7 Å². The second-order valence-electron chi connectivity index (χ2n) is 12.4. The Labute approximate surface area is 208 Å². The van der Waals surface area contributed by atoms with Crippen molar-refractivity contribution in [2.75, 3.05) is 13.2 Å². The lowest BCUT2D eigenvalue weighted by Crippen LogP contribution is -2.41. The average molecular weight is 507 g/mol. The third-order valence-corrected chi connectivity index (χ3v) is 16.6. The topological polar surface area (TPSA) is 61.8 Å². The quantitative estimate of drug-likeness (QED) is 0.166. The first-order valence-electron chi connectivity index (χ1n) is 12.5. The summed E-state index contributed by atoms with van der Waals surface area (Å²) in [6.45, 7) is 23.9. The van der Waals surface area contributed by atoms with Crippen LogP contribution in [0.25, 0.3) is 0 Å². The Morgan fingerprint density at radius 2 is 1.09 bits per heavy atom. The van der Waals surface area contributed by atoms with Gasteiger partial charge < -0.3 is 17.7 Å². The van der Waals surface area contributed by atoms with Crippen molar-refractivity contribution in [3.05, 3.63) is 47.3 Å². The number of carbonyl (C=O) groups excluding carboxylic acids is 1. The molecule has 0 aliphatic rings. The molecule has 0 N–H and O–H groups in total. The van der Waals surface area contributed by atoms with Gasteiger partial charge in [-0.1, -0.05) is 41.5 Å². The number of carbonyl (C=O) groups is 1. The van der Waals surface area contributed by atoms with E-state index in [9.17, 15) is 4.79 Å². The fraction of sp³-hybridized carbons (Fsp3) is 0.667. The minimum atomic E-state index is -1.73. The highest BCUT2D eigenvalue weighted by molar-refractivity contribution is 6.74. The first kappa shape index (κ1) is 28.8. The van der Waals surface area contributed by atoms with Crippen LogP contribution in [-0.2, 0) is 21.7 Å². The van der Waals surface area contributed by atoms with Crippen molar-refractivity contribution in [2.24, 2.45) is 0 Å². The maximum Gasteiger partial charge on any atom is 0.199 e. The van der Waals surface area contributed by atoms with E-state index in [1.807, 2.05) is 12.1 Å². The Bertz CT molecular complexity index is 851. The molecule has 0 aliphatic heterocycles. The molecule has 0 unspecified atom stereocenters. The molecule has 0 saturated heterocycles. The summed E-state index contributed by atoms with van der Waals surface area (Å²) >= 11 is 0. The van der Waals surface area contributed by atoms with E-state index in [1.165, 1.54) is 0 Å². The van der Waals surface area contributed by atoms with Crippen LogP contribution in [0.1, 0.15) is 81.8 Å². The van der Waals surface area contributed by atoms with Crippen LogP contribution < -0.4 is 0 Å². The van der Waals surface area contributed by atoms with Gasteiger partial charge in [-0.15, -0.1) is 0 Å². The maximum atomic E-state index is 12.9. The molecule has 192 valence electrons. The van der Waals surface area contributed by atoms with Gasteiger partial charge in [-0.25, -0.2) is 0 Å². The predicted molar refractivity (Wildman–Crippen MR) is 144 cm³/mol. The molecule has 0 saturated carbocycles. The third kappa shape index (κ3) is 7.80. The summed E-state index contributed by atoms with van der Waals surface area (Å²) in [5, 5.41) is 0.414. The molecule has 5 nitrogen and oxygen atoms in total. The Morgan fingerprint density at radius 1 is 0.735 bits per heavy atom. The number of rotatable bonds is 12. The summed E-state index contributed by atoms with van der Waals surface area (Å²) in [4.78, 5) is 12.9. The maximum absolute atomic E-state index is 12.9. The Balaban J connectivity index is 1.81. The number of furan rings is 2. The predicted octanol–water partition coefficient (Wildman–Crippen LogP) is 8.01. The van der Waals surface area contributed by atoms with Crippen molar-refractivity contribution in [1.29, 1.82) is 0 Å². The van der Waals surface area contributed by atoms with Gasteiger partial charge in [-0.05, 0) is 61.2 Å². The first-order chi connectivity index (χ1) is 15.5. The van der Waals surface area contributed by atoms with Crippen LogP contribution in [0.4, 0.5) is 0 Å². The molecule has 0 spiro atoms. The van der Waals surface area contributed by atoms with E-state index in [0.717, 1.165) is 37.2 Å². The summed E-state index contributed by atoms with van der Waals surface area (Å²) in [6, 6.07) is 3.68. The molecule has 0 aromatic carbocycles. The SMILES string of the molecule is CC(C)(C)[Si](C)(C)OCCCc1cc(C(=O)c2coc(CCCO[Si](C)(C)C(C)(C)C)c2)co1. The Hall–Kier alpha value is -1.42. The normalized spacial score (nSPS) is 13.5. The van der Waals surface area contributed by atoms with Crippen molar-refractivity contribution in [1.82, 2.24) is 0 Å². The Morgan fingerprint density at radius 3 is 1.41 bits per heavy atom. The highest BCUT2D eigenvalue weighted by Gasteiger charge is 2.37. The number of hydrogen-bond donors (Lipinski definition) is 0. The molecule has 0 radical (unpaired) electrons. The third-order valence-electron chi connectivity index (χ3n) is 7.51. The van der Waals surface area contributed by atoms with Gasteiger partial charge in [0, 0.05) is 26.1 Å². The second-order valence-corrected chi connectivity index (χ2v) is 22.0. The average Bonchev–Trinajstić information content (AvgIpc) is 3.36. The van der Waals surface area contributed by atoms with Crippen molar-refractivity contribution < 1.29 is 22.5 Å². The zero-order chi connectivity index (χ0) is 25.8. The highest BCUT2D eigenvalue weighted by atomic mass is 28.4. The molecule has 0 fully saturated rings. The fourth-order valence-corrected chi connectivity index (χ4v) is 5.18. The molecule has 0 bridgehead atoms. The summed E-state index contributed by atoms with van der Waals surface area (Å²) in [6.07, 6.45) is 6.36. The van der Waals surface area contributed by atoms with Crippen LogP contribution >= 0.6 is 0 Å². The zero-order valence-corrected chi connectivity index (χ0v) is 25.1. The molecule has 0 aliphatic carbocycles. The van der Waals surface area contributed by atoms with E-state index < -0.39 is 16.6 Å². The molecule has 2 heterocycles. The van der Waals surface area contributed by atoms with Crippen molar-refractivity contribution in [2.45, 2.75) is 103 Å².